The predicted octanol–water partition coefficient (Wildman–Crippen LogP) is 11.5. The van der Waals surface area contributed by atoms with Crippen LogP contribution >= 0.6 is 0 Å². The molecule has 234 valence electrons. The minimum Gasteiger partial charge on any atom is -0.456 e. The highest BCUT2D eigenvalue weighted by atomic mass is 16.3. The van der Waals surface area contributed by atoms with Crippen molar-refractivity contribution in [2.75, 3.05) is 0 Å². The molecule has 10 rings (SSSR count). The number of nitrogens with zero attached hydrogens (tertiary/aromatic N) is 4. The number of para-hydroxylation sites is 2. The first-order chi connectivity index (χ1) is 24.8. The Hall–Kier alpha value is -6.85. The van der Waals surface area contributed by atoms with E-state index in [1.54, 1.807) is 0 Å². The van der Waals surface area contributed by atoms with E-state index in [0.29, 0.717) is 17.5 Å². The van der Waals surface area contributed by atoms with Gasteiger partial charge in [0.05, 0.1) is 11.0 Å². The average Bonchev–Trinajstić information content (AvgIpc) is 3.72. The van der Waals surface area contributed by atoms with Gasteiger partial charge in [-0.2, -0.15) is 0 Å². The predicted molar refractivity (Wildman–Crippen MR) is 203 cm³/mol. The van der Waals surface area contributed by atoms with Crippen LogP contribution in [-0.2, 0) is 0 Å². The fourth-order valence-corrected chi connectivity index (χ4v) is 7.02. The fraction of sp³-hybridized carbons (Fsp3) is 0. The maximum Gasteiger partial charge on any atom is 0.164 e. The van der Waals surface area contributed by atoms with E-state index in [2.05, 4.69) is 126 Å². The van der Waals surface area contributed by atoms with Gasteiger partial charge in [0.15, 0.2) is 17.5 Å². The second-order valence-electron chi connectivity index (χ2n) is 12.5. The second kappa shape index (κ2) is 11.4. The molecule has 0 spiro atoms. The number of hydrogen-bond acceptors (Lipinski definition) is 4. The molecule has 7 aromatic carbocycles. The van der Waals surface area contributed by atoms with Crippen LogP contribution in [0.15, 0.2) is 174 Å². The summed E-state index contributed by atoms with van der Waals surface area (Å²) in [6, 6.07) is 58.6. The molecular weight excluding hydrogens is 613 g/mol. The van der Waals surface area contributed by atoms with Crippen LogP contribution in [0.2, 0.25) is 0 Å². The van der Waals surface area contributed by atoms with Gasteiger partial charge in [0.1, 0.15) is 11.2 Å². The number of hydrogen-bond donors (Lipinski definition) is 0. The monoisotopic (exact) mass is 640 g/mol. The highest BCUT2D eigenvalue weighted by Gasteiger charge is 2.17. The Kier molecular flexibility index (Phi) is 6.42. The van der Waals surface area contributed by atoms with Crippen LogP contribution in [0.25, 0.3) is 94.7 Å². The number of benzene rings is 7. The SMILES string of the molecule is c1ccc(-c2ccc(-c3nc(-c4ccccc4)nc(-c4ccc(-n5c6ccccc6c6cc7oc8ccccc8c7cc65)cc4)n3)cc2)cc1. The van der Waals surface area contributed by atoms with Gasteiger partial charge in [0.2, 0.25) is 0 Å². The van der Waals surface area contributed by atoms with E-state index in [4.69, 9.17) is 19.4 Å². The number of furan rings is 1. The maximum atomic E-state index is 6.27. The van der Waals surface area contributed by atoms with Gasteiger partial charge < -0.3 is 8.98 Å². The standard InChI is InChI=1S/C45H28N4O/c1-3-11-29(12-4-1)30-19-21-32(22-20-30)44-46-43(31-13-5-2-6-14-31)47-45(48-44)33-23-25-34(26-24-33)49-39-17-9-7-15-35(39)37-28-42-38(27-40(37)49)36-16-8-10-18-41(36)50-42/h1-28H. The van der Waals surface area contributed by atoms with Crippen LogP contribution in [0.5, 0.6) is 0 Å². The Morgan fingerprint density at radius 2 is 0.840 bits per heavy atom. The largest absolute Gasteiger partial charge is 0.456 e. The molecule has 0 N–H and O–H groups in total. The lowest BCUT2D eigenvalue weighted by Gasteiger charge is -2.11. The van der Waals surface area contributed by atoms with Crippen molar-refractivity contribution < 1.29 is 4.42 Å². The maximum absolute atomic E-state index is 6.27. The molecule has 10 aromatic rings. The van der Waals surface area contributed by atoms with Gasteiger partial charge in [-0.25, -0.2) is 15.0 Å². The van der Waals surface area contributed by atoms with Gasteiger partial charge in [-0.3, -0.25) is 0 Å². The molecule has 0 fully saturated rings. The lowest BCUT2D eigenvalue weighted by Crippen LogP contribution is -2.00. The van der Waals surface area contributed by atoms with Crippen LogP contribution in [0.1, 0.15) is 0 Å². The summed E-state index contributed by atoms with van der Waals surface area (Å²) in [6.45, 7) is 0. The molecule has 3 heterocycles. The summed E-state index contributed by atoms with van der Waals surface area (Å²) in [4.78, 5) is 14.9. The van der Waals surface area contributed by atoms with E-state index in [1.807, 2.05) is 48.5 Å². The van der Waals surface area contributed by atoms with E-state index < -0.39 is 0 Å². The summed E-state index contributed by atoms with van der Waals surface area (Å²) in [6.07, 6.45) is 0. The third kappa shape index (κ3) is 4.67. The highest BCUT2D eigenvalue weighted by Crippen LogP contribution is 2.38. The van der Waals surface area contributed by atoms with E-state index in [9.17, 15) is 0 Å². The summed E-state index contributed by atoms with van der Waals surface area (Å²) in [5.74, 6) is 1.90. The molecule has 0 radical (unpaired) electrons. The molecule has 50 heavy (non-hydrogen) atoms. The molecule has 3 aromatic heterocycles. The zero-order chi connectivity index (χ0) is 33.0. The van der Waals surface area contributed by atoms with Crippen molar-refractivity contribution in [2.24, 2.45) is 0 Å². The van der Waals surface area contributed by atoms with Crippen LogP contribution in [0, 0.1) is 0 Å². The number of rotatable bonds is 5. The van der Waals surface area contributed by atoms with Gasteiger partial charge in [-0.05, 0) is 59.7 Å². The first-order valence-electron chi connectivity index (χ1n) is 16.7. The van der Waals surface area contributed by atoms with Crippen LogP contribution in [0.4, 0.5) is 0 Å². The van der Waals surface area contributed by atoms with Gasteiger partial charge in [0, 0.05) is 43.9 Å². The van der Waals surface area contributed by atoms with Crippen LogP contribution in [-0.4, -0.2) is 19.5 Å². The van der Waals surface area contributed by atoms with Gasteiger partial charge in [0.25, 0.3) is 0 Å². The summed E-state index contributed by atoms with van der Waals surface area (Å²) >= 11 is 0. The van der Waals surface area contributed by atoms with Crippen molar-refractivity contribution in [3.63, 3.8) is 0 Å². The van der Waals surface area contributed by atoms with Crippen LogP contribution in [0.3, 0.4) is 0 Å². The molecular formula is C45H28N4O. The zero-order valence-electron chi connectivity index (χ0n) is 26.9. The first-order valence-corrected chi connectivity index (χ1v) is 16.7. The number of aromatic nitrogens is 4. The minimum absolute atomic E-state index is 0.626. The molecule has 0 bridgehead atoms. The lowest BCUT2D eigenvalue weighted by molar-refractivity contribution is 0.669. The summed E-state index contributed by atoms with van der Waals surface area (Å²) in [5.41, 5.74) is 10.2. The zero-order valence-corrected chi connectivity index (χ0v) is 26.9. The van der Waals surface area contributed by atoms with Gasteiger partial charge in [-0.1, -0.05) is 121 Å². The van der Waals surface area contributed by atoms with E-state index in [-0.39, 0.29) is 0 Å². The van der Waals surface area contributed by atoms with Gasteiger partial charge >= 0.3 is 0 Å². The molecule has 0 aliphatic carbocycles. The summed E-state index contributed by atoms with van der Waals surface area (Å²) in [7, 11) is 0. The third-order valence-corrected chi connectivity index (χ3v) is 9.47. The Labute approximate surface area is 287 Å². The minimum atomic E-state index is 0.626. The average molecular weight is 641 g/mol. The number of fused-ring (bicyclic) bond motifs is 6. The molecule has 0 aliphatic heterocycles. The van der Waals surface area contributed by atoms with Crippen molar-refractivity contribution in [1.29, 1.82) is 0 Å². The van der Waals surface area contributed by atoms with Crippen molar-refractivity contribution in [1.82, 2.24) is 19.5 Å². The molecule has 0 amide bonds. The summed E-state index contributed by atoms with van der Waals surface area (Å²) in [5, 5.41) is 4.56. The van der Waals surface area contributed by atoms with Crippen molar-refractivity contribution in [2.45, 2.75) is 0 Å². The van der Waals surface area contributed by atoms with Crippen molar-refractivity contribution in [3.8, 4) is 51.0 Å². The molecule has 0 aliphatic rings. The molecule has 5 heteroatoms. The molecule has 0 saturated heterocycles. The third-order valence-electron chi connectivity index (χ3n) is 9.47. The second-order valence-corrected chi connectivity index (χ2v) is 12.5. The Morgan fingerprint density at radius 3 is 1.52 bits per heavy atom. The smallest absolute Gasteiger partial charge is 0.164 e. The topological polar surface area (TPSA) is 56.7 Å². The van der Waals surface area contributed by atoms with E-state index >= 15 is 0 Å². The van der Waals surface area contributed by atoms with Crippen LogP contribution < -0.4 is 0 Å². The molecule has 5 nitrogen and oxygen atoms in total. The first kappa shape index (κ1) is 28.2. The van der Waals surface area contributed by atoms with Crippen molar-refractivity contribution >= 4 is 43.7 Å². The lowest BCUT2D eigenvalue weighted by atomic mass is 10.0. The molecule has 0 saturated carbocycles. The Balaban J connectivity index is 1.09. The quantitative estimate of drug-likeness (QED) is 0.188. The van der Waals surface area contributed by atoms with E-state index in [1.165, 1.54) is 10.9 Å². The normalized spacial score (nSPS) is 11.6. The Bertz CT molecular complexity index is 2840. The van der Waals surface area contributed by atoms with Gasteiger partial charge in [-0.15, -0.1) is 0 Å². The summed E-state index contributed by atoms with van der Waals surface area (Å²) < 4.78 is 8.60. The van der Waals surface area contributed by atoms with E-state index in [0.717, 1.165) is 66.3 Å². The molecule has 0 atom stereocenters. The fourth-order valence-electron chi connectivity index (χ4n) is 7.02. The Morgan fingerprint density at radius 1 is 0.340 bits per heavy atom. The highest BCUT2D eigenvalue weighted by molar-refractivity contribution is 6.17. The molecule has 0 unspecified atom stereocenters. The van der Waals surface area contributed by atoms with Crippen molar-refractivity contribution in [3.05, 3.63) is 170 Å².